The molecule has 5 heteroatoms. The van der Waals surface area contributed by atoms with E-state index >= 15 is 0 Å². The molecule has 20 heavy (non-hydrogen) atoms. The van der Waals surface area contributed by atoms with Gasteiger partial charge in [0.2, 0.25) is 0 Å². The number of unbranched alkanes of at least 4 members (excludes halogenated alkanes) is 1. The molecule has 1 aliphatic heterocycles. The molecule has 0 bridgehead atoms. The number of hydrogen-bond acceptors (Lipinski definition) is 2. The minimum atomic E-state index is 0.378. The molecule has 0 fully saturated rings. The van der Waals surface area contributed by atoms with Crippen LogP contribution in [0, 0.1) is 0 Å². The first kappa shape index (κ1) is 15.9. The molecule has 2 nitrogen and oxygen atoms in total. The van der Waals surface area contributed by atoms with E-state index in [1.165, 1.54) is 12.8 Å². The van der Waals surface area contributed by atoms with Crippen molar-refractivity contribution >= 4 is 35.0 Å². The van der Waals surface area contributed by atoms with Crippen LogP contribution in [0.25, 0.3) is 0 Å². The summed E-state index contributed by atoms with van der Waals surface area (Å²) in [5.41, 5.74) is 1.14. The molecule has 1 aromatic carbocycles. The smallest absolute Gasteiger partial charge is 0.110 e. The van der Waals surface area contributed by atoms with E-state index < -0.39 is 0 Å². The van der Waals surface area contributed by atoms with E-state index in [1.807, 2.05) is 36.2 Å². The van der Waals surface area contributed by atoms with Crippen molar-refractivity contribution in [2.45, 2.75) is 31.6 Å². The van der Waals surface area contributed by atoms with Crippen LogP contribution in [0.1, 0.15) is 25.3 Å². The zero-order valence-electron chi connectivity index (χ0n) is 11.6. The lowest BCUT2D eigenvalue weighted by atomic mass is 10.1. The summed E-state index contributed by atoms with van der Waals surface area (Å²) < 4.78 is 0. The lowest BCUT2D eigenvalue weighted by Gasteiger charge is -2.27. The second-order valence-electron chi connectivity index (χ2n) is 4.76. The van der Waals surface area contributed by atoms with Crippen molar-refractivity contribution in [3.63, 3.8) is 0 Å². The SMILES string of the molecule is CCCCSC(Cc1ccc(Cl)cc1Cl)N1C=C[N]C1. The second kappa shape index (κ2) is 8.06. The van der Waals surface area contributed by atoms with E-state index in [0.29, 0.717) is 10.4 Å². The molecule has 1 atom stereocenters. The molecular weight excluding hydrogens is 311 g/mol. The number of benzene rings is 1. The molecule has 1 heterocycles. The highest BCUT2D eigenvalue weighted by molar-refractivity contribution is 7.99. The van der Waals surface area contributed by atoms with Crippen LogP contribution in [0.5, 0.6) is 0 Å². The summed E-state index contributed by atoms with van der Waals surface area (Å²) in [6.45, 7) is 2.96. The van der Waals surface area contributed by atoms with Crippen LogP contribution in [0.3, 0.4) is 0 Å². The van der Waals surface area contributed by atoms with Crippen LogP contribution in [0.2, 0.25) is 10.0 Å². The number of hydrogen-bond donors (Lipinski definition) is 0. The van der Waals surface area contributed by atoms with E-state index in [1.54, 1.807) is 0 Å². The third-order valence-electron chi connectivity index (χ3n) is 3.20. The van der Waals surface area contributed by atoms with Crippen molar-refractivity contribution < 1.29 is 0 Å². The van der Waals surface area contributed by atoms with Crippen molar-refractivity contribution in [2.24, 2.45) is 0 Å². The lowest BCUT2D eigenvalue weighted by molar-refractivity contribution is 0.364. The summed E-state index contributed by atoms with van der Waals surface area (Å²) >= 11 is 14.2. The Morgan fingerprint density at radius 2 is 2.25 bits per heavy atom. The summed E-state index contributed by atoms with van der Waals surface area (Å²) in [4.78, 5) is 2.27. The van der Waals surface area contributed by atoms with Crippen LogP contribution in [-0.2, 0) is 6.42 Å². The number of nitrogens with zero attached hydrogens (tertiary/aromatic N) is 2. The molecule has 0 aliphatic carbocycles. The summed E-state index contributed by atoms with van der Waals surface area (Å²) in [7, 11) is 0. The standard InChI is InChI=1S/C15H19Cl2N2S/c1-2-3-8-20-15(19-7-6-18-11-19)9-12-4-5-13(16)10-14(12)17/h4-7,10,15H,2-3,8-9,11H2,1H3. The molecule has 0 saturated heterocycles. The van der Waals surface area contributed by atoms with Crippen molar-refractivity contribution in [3.05, 3.63) is 46.2 Å². The molecule has 0 aromatic heterocycles. The molecular formula is C15H19Cl2N2S. The molecule has 0 spiro atoms. The highest BCUT2D eigenvalue weighted by Gasteiger charge is 2.20. The molecule has 1 aromatic rings. The van der Waals surface area contributed by atoms with Crippen LogP contribution < -0.4 is 5.32 Å². The Bertz CT molecular complexity index is 465. The first-order chi connectivity index (χ1) is 9.70. The average Bonchev–Trinajstić information content (AvgIpc) is 2.94. The fourth-order valence-corrected chi connectivity index (χ4v) is 3.86. The van der Waals surface area contributed by atoms with Gasteiger partial charge < -0.3 is 4.90 Å². The van der Waals surface area contributed by atoms with Crippen LogP contribution in [-0.4, -0.2) is 22.7 Å². The molecule has 0 N–H and O–H groups in total. The van der Waals surface area contributed by atoms with Crippen LogP contribution in [0.15, 0.2) is 30.6 Å². The van der Waals surface area contributed by atoms with Gasteiger partial charge in [-0.25, -0.2) is 0 Å². The van der Waals surface area contributed by atoms with Gasteiger partial charge in [-0.05, 0) is 29.9 Å². The number of halogens is 2. The molecule has 1 aliphatic rings. The molecule has 1 unspecified atom stereocenters. The van der Waals surface area contributed by atoms with Crippen molar-refractivity contribution in [3.8, 4) is 0 Å². The fraction of sp³-hybridized carbons (Fsp3) is 0.467. The van der Waals surface area contributed by atoms with E-state index in [4.69, 9.17) is 23.2 Å². The lowest BCUT2D eigenvalue weighted by Crippen LogP contribution is -2.30. The first-order valence-corrected chi connectivity index (χ1v) is 8.65. The predicted octanol–water partition coefficient (Wildman–Crippen LogP) is 4.74. The van der Waals surface area contributed by atoms with Gasteiger partial charge in [0.15, 0.2) is 0 Å². The average molecular weight is 330 g/mol. The van der Waals surface area contributed by atoms with E-state index in [0.717, 1.165) is 29.4 Å². The summed E-state index contributed by atoms with van der Waals surface area (Å²) in [6.07, 6.45) is 7.31. The van der Waals surface area contributed by atoms with Gasteiger partial charge in [-0.15, -0.1) is 11.8 Å². The minimum absolute atomic E-state index is 0.378. The largest absolute Gasteiger partial charge is 0.345 e. The Labute approximate surface area is 135 Å². The Hall–Kier alpha value is -0.510. The summed E-state index contributed by atoms with van der Waals surface area (Å²) in [5, 5.41) is 6.08. The molecule has 109 valence electrons. The first-order valence-electron chi connectivity index (χ1n) is 6.85. The quantitative estimate of drug-likeness (QED) is 0.672. The van der Waals surface area contributed by atoms with Gasteiger partial charge in [-0.3, -0.25) is 5.32 Å². The molecule has 0 saturated carbocycles. The Kier molecular flexibility index (Phi) is 6.40. The van der Waals surface area contributed by atoms with E-state index in [2.05, 4.69) is 23.3 Å². The maximum absolute atomic E-state index is 6.29. The fourth-order valence-electron chi connectivity index (χ4n) is 2.02. The van der Waals surface area contributed by atoms with Crippen LogP contribution in [0.4, 0.5) is 0 Å². The molecule has 2 rings (SSSR count). The van der Waals surface area contributed by atoms with Gasteiger partial charge in [0.25, 0.3) is 0 Å². The zero-order chi connectivity index (χ0) is 14.4. The van der Waals surface area contributed by atoms with Gasteiger partial charge in [-0.2, -0.15) is 0 Å². The Balaban J connectivity index is 2.03. The van der Waals surface area contributed by atoms with E-state index in [-0.39, 0.29) is 0 Å². The van der Waals surface area contributed by atoms with Gasteiger partial charge >= 0.3 is 0 Å². The summed E-state index contributed by atoms with van der Waals surface area (Å²) in [5.74, 6) is 1.16. The van der Waals surface area contributed by atoms with Gasteiger partial charge in [0.1, 0.15) is 6.67 Å². The van der Waals surface area contributed by atoms with Crippen LogP contribution >= 0.6 is 35.0 Å². The maximum atomic E-state index is 6.29. The zero-order valence-corrected chi connectivity index (χ0v) is 13.9. The van der Waals surface area contributed by atoms with Gasteiger partial charge in [0.05, 0.1) is 5.37 Å². The third kappa shape index (κ3) is 4.51. The van der Waals surface area contributed by atoms with Gasteiger partial charge in [0, 0.05) is 28.9 Å². The predicted molar refractivity (Wildman–Crippen MR) is 89.3 cm³/mol. The van der Waals surface area contributed by atoms with E-state index in [9.17, 15) is 0 Å². The Morgan fingerprint density at radius 1 is 1.40 bits per heavy atom. The minimum Gasteiger partial charge on any atom is -0.345 e. The summed E-state index contributed by atoms with van der Waals surface area (Å²) in [6, 6.07) is 5.74. The number of thioether (sulfide) groups is 1. The van der Waals surface area contributed by atoms with Gasteiger partial charge in [-0.1, -0.05) is 42.6 Å². The number of rotatable bonds is 7. The third-order valence-corrected chi connectivity index (χ3v) is 5.13. The second-order valence-corrected chi connectivity index (χ2v) is 6.88. The Morgan fingerprint density at radius 3 is 2.90 bits per heavy atom. The maximum Gasteiger partial charge on any atom is 0.110 e. The normalized spacial score (nSPS) is 15.4. The van der Waals surface area contributed by atoms with Crippen molar-refractivity contribution in [1.82, 2.24) is 10.2 Å². The van der Waals surface area contributed by atoms with Crippen molar-refractivity contribution in [1.29, 1.82) is 0 Å². The molecule has 0 amide bonds. The van der Waals surface area contributed by atoms with Crippen molar-refractivity contribution in [2.75, 3.05) is 12.4 Å². The monoisotopic (exact) mass is 329 g/mol. The highest BCUT2D eigenvalue weighted by atomic mass is 35.5. The molecule has 1 radical (unpaired) electrons. The topological polar surface area (TPSA) is 17.3 Å². The highest BCUT2D eigenvalue weighted by Crippen LogP contribution is 2.28.